The van der Waals surface area contributed by atoms with Gasteiger partial charge >= 0.3 is 5.97 Å². The molecule has 3 saturated heterocycles. The van der Waals surface area contributed by atoms with Crippen LogP contribution in [0.4, 0.5) is 4.39 Å². The number of aromatic nitrogens is 2. The lowest BCUT2D eigenvalue weighted by Gasteiger charge is -2.19. The van der Waals surface area contributed by atoms with Gasteiger partial charge in [0.2, 0.25) is 0 Å². The molecule has 5 aliphatic rings. The lowest BCUT2D eigenvalue weighted by molar-refractivity contribution is -0.108. The monoisotopic (exact) mass is 841 g/mol. The van der Waals surface area contributed by atoms with Crippen LogP contribution < -0.4 is 22.4 Å². The average molecular weight is 843 g/mol. The number of hydrazine groups is 1. The number of halogens is 3. The third-order valence-corrected chi connectivity index (χ3v) is 12.1. The molecule has 5 fully saturated rings. The number of nitrogens with zero attached hydrogens (tertiary/aromatic N) is 4. The molecule has 1 atom stereocenters. The number of aromatic amines is 1. The minimum atomic E-state index is -0.441. The fourth-order valence-electron chi connectivity index (χ4n) is 7.72. The topological polar surface area (TPSA) is 188 Å². The Kier molecular flexibility index (Phi) is 14.6. The van der Waals surface area contributed by atoms with Crippen molar-refractivity contribution in [3.8, 4) is 17.2 Å². The van der Waals surface area contributed by atoms with Crippen molar-refractivity contribution >= 4 is 63.1 Å². The number of hydrogen-bond donors (Lipinski definition) is 5. The molecule has 0 spiro atoms. The van der Waals surface area contributed by atoms with E-state index in [2.05, 4.69) is 54.7 Å². The zero-order chi connectivity index (χ0) is 42.2. The molecule has 310 valence electrons. The minimum absolute atomic E-state index is 0.244. The Morgan fingerprint density at radius 3 is 2.41 bits per heavy atom. The maximum absolute atomic E-state index is 16.2. The number of esters is 1. The van der Waals surface area contributed by atoms with Crippen LogP contribution in [-0.4, -0.2) is 66.2 Å². The van der Waals surface area contributed by atoms with Crippen LogP contribution >= 0.6 is 23.2 Å². The van der Waals surface area contributed by atoms with E-state index < -0.39 is 11.8 Å². The van der Waals surface area contributed by atoms with Gasteiger partial charge < -0.3 is 25.6 Å². The molecule has 2 aromatic heterocycles. The third-order valence-electron chi connectivity index (χ3n) is 11.2. The smallest absolute Gasteiger partial charge is 0.337 e. The molecule has 5 aromatic rings. The van der Waals surface area contributed by atoms with Gasteiger partial charge in [0.05, 0.1) is 34.3 Å². The largest absolute Gasteiger partial charge is 0.465 e. The van der Waals surface area contributed by atoms with Gasteiger partial charge in [0.15, 0.2) is 11.7 Å². The van der Waals surface area contributed by atoms with Crippen LogP contribution in [0.1, 0.15) is 83.9 Å². The second kappa shape index (κ2) is 19.8. The highest BCUT2D eigenvalue weighted by Gasteiger charge is 2.35. The van der Waals surface area contributed by atoms with E-state index in [1.54, 1.807) is 42.5 Å². The van der Waals surface area contributed by atoms with Gasteiger partial charge in [-0.05, 0) is 114 Å². The number of nitriles is 1. The van der Waals surface area contributed by atoms with Crippen LogP contribution in [-0.2, 0) is 16.0 Å². The molecule has 15 heteroatoms. The first-order chi connectivity index (χ1) is 28.5. The molecule has 59 heavy (non-hydrogen) atoms. The summed E-state index contributed by atoms with van der Waals surface area (Å²) in [7, 11) is 3.46. The van der Waals surface area contributed by atoms with E-state index in [4.69, 9.17) is 34.8 Å². The number of benzene rings is 3. The molecule has 2 aliphatic carbocycles. The highest BCUT2D eigenvalue weighted by Crippen LogP contribution is 2.42. The van der Waals surface area contributed by atoms with Gasteiger partial charge in [0, 0.05) is 63.3 Å². The Labute approximate surface area is 353 Å². The van der Waals surface area contributed by atoms with E-state index in [-0.39, 0.29) is 12.3 Å². The van der Waals surface area contributed by atoms with Crippen LogP contribution in [0.15, 0.2) is 59.7 Å². The van der Waals surface area contributed by atoms with E-state index >= 15 is 4.39 Å². The lowest BCUT2D eigenvalue weighted by Crippen LogP contribution is -2.23. The first-order valence-electron chi connectivity index (χ1n) is 19.8. The molecule has 0 amide bonds. The number of fused-ring (bicyclic) bond motifs is 4. The van der Waals surface area contributed by atoms with Crippen LogP contribution in [0.5, 0.6) is 0 Å². The van der Waals surface area contributed by atoms with Crippen molar-refractivity contribution in [1.29, 1.82) is 5.26 Å². The number of H-pyrrole nitrogens is 1. The summed E-state index contributed by atoms with van der Waals surface area (Å²) in [5, 5.41) is 18.6. The van der Waals surface area contributed by atoms with Crippen LogP contribution in [0, 0.1) is 35.9 Å². The van der Waals surface area contributed by atoms with Gasteiger partial charge in [-0.3, -0.25) is 4.90 Å². The van der Waals surface area contributed by atoms with Crippen molar-refractivity contribution < 1.29 is 18.7 Å². The highest BCUT2D eigenvalue weighted by atomic mass is 35.5. The zero-order valence-corrected chi connectivity index (χ0v) is 35.0. The van der Waals surface area contributed by atoms with Gasteiger partial charge in [-0.1, -0.05) is 47.5 Å². The molecule has 3 aliphatic heterocycles. The third kappa shape index (κ3) is 10.2. The van der Waals surface area contributed by atoms with Crippen molar-refractivity contribution in [2.45, 2.75) is 70.4 Å². The standard InChI is InChI=1S/C26H23Cl2FN4.C9H12N4O2.C5H9N.C4H6O/c1-14-17-13-20(21-9-5-11-33(21)2)32-25(17)18-12-15(6-4-10-30)22(24(29)26(18)31-14)16-7-3-8-19(27)23(16)28;1-15-9(14)7-4-2-6(3-5-7)8(10)12-13-11;1-4-2-5(1)6-3-4;5-3-4-1-2-4/h3,7-8,12-13,21,32H,4-6,9,11H2,1-2H3;2-5,13H,11H2,1H3,(H2,10,12);4-6H,1-3H2;3-4H,1-2H2. The van der Waals surface area contributed by atoms with Gasteiger partial charge in [-0.2, -0.15) is 5.26 Å². The molecule has 7 N–H and O–H groups in total. The normalized spacial score (nSPS) is 19.3. The summed E-state index contributed by atoms with van der Waals surface area (Å²) < 4.78 is 20.7. The Morgan fingerprint density at radius 2 is 1.86 bits per heavy atom. The summed E-state index contributed by atoms with van der Waals surface area (Å²) in [4.78, 5) is 31.3. The quantitative estimate of drug-likeness (QED) is 0.0257. The molecular formula is C44H50Cl2FN9O3. The fourth-order valence-corrected chi connectivity index (χ4v) is 8.11. The number of nitrogens with one attached hydrogen (secondary N) is 3. The molecule has 0 radical (unpaired) electrons. The summed E-state index contributed by atoms with van der Waals surface area (Å²) in [5.41, 5.74) is 13.4. The number of carbonyl (C=O) groups excluding carboxylic acids is 2. The van der Waals surface area contributed by atoms with E-state index in [1.807, 2.05) is 13.0 Å². The Balaban J connectivity index is 0.000000182. The van der Waals surface area contributed by atoms with E-state index in [0.717, 1.165) is 78.2 Å². The molecule has 12 nitrogen and oxygen atoms in total. The number of amidine groups is 1. The first kappa shape index (κ1) is 43.5. The lowest BCUT2D eigenvalue weighted by atomic mass is 9.87. The van der Waals surface area contributed by atoms with Crippen molar-refractivity contribution in [3.05, 3.63) is 98.5 Å². The molecule has 3 aromatic carbocycles. The minimum Gasteiger partial charge on any atom is -0.465 e. The van der Waals surface area contributed by atoms with Crippen molar-refractivity contribution in [2.24, 2.45) is 28.5 Å². The second-order valence-electron chi connectivity index (χ2n) is 15.3. The molecular weight excluding hydrogens is 792 g/mol. The Morgan fingerprint density at radius 1 is 1.14 bits per heavy atom. The van der Waals surface area contributed by atoms with E-state index in [1.165, 1.54) is 26.5 Å². The van der Waals surface area contributed by atoms with E-state index in [0.29, 0.717) is 61.8 Å². The maximum Gasteiger partial charge on any atom is 0.337 e. The van der Waals surface area contributed by atoms with Crippen LogP contribution in [0.2, 0.25) is 10.0 Å². The number of methoxy groups -OCH3 is 1. The first-order valence-corrected chi connectivity index (χ1v) is 20.5. The number of hydrazone groups is 1. The Bertz CT molecular complexity index is 2360. The summed E-state index contributed by atoms with van der Waals surface area (Å²) in [6.45, 7) is 4.28. The second-order valence-corrected chi connectivity index (χ2v) is 16.1. The van der Waals surface area contributed by atoms with Crippen molar-refractivity contribution in [3.63, 3.8) is 0 Å². The van der Waals surface area contributed by atoms with Crippen molar-refractivity contribution in [1.82, 2.24) is 25.7 Å². The predicted octanol–water partition coefficient (Wildman–Crippen LogP) is 7.88. The number of aryl methyl sites for hydroxylation is 2. The number of carbonyl (C=O) groups is 2. The molecule has 10 rings (SSSR count). The summed E-state index contributed by atoms with van der Waals surface area (Å²) >= 11 is 12.7. The number of aldehydes is 1. The van der Waals surface area contributed by atoms with Gasteiger partial charge in [0.25, 0.3) is 0 Å². The molecule has 1 unspecified atom stereocenters. The Hall–Kier alpha value is -5.10. The summed E-state index contributed by atoms with van der Waals surface area (Å²) in [6, 6.07) is 19.2. The molecule has 2 bridgehead atoms. The number of ether oxygens (including phenoxy) is 1. The van der Waals surface area contributed by atoms with E-state index in [9.17, 15) is 14.9 Å². The number of likely N-dealkylation sites (tertiary alicyclic amines) is 1. The van der Waals surface area contributed by atoms with Crippen LogP contribution in [0.25, 0.3) is 32.9 Å². The number of nitrogens with two attached hydrogens (primary N) is 2. The number of pyridine rings is 1. The predicted molar refractivity (Wildman–Crippen MR) is 231 cm³/mol. The average Bonchev–Trinajstić information content (AvgIpc) is 3.59. The summed E-state index contributed by atoms with van der Waals surface area (Å²) in [5.74, 6) is 5.92. The fraction of sp³-hybridized carbons (Fsp3) is 0.386. The molecule has 5 heterocycles. The maximum atomic E-state index is 16.2. The zero-order valence-electron chi connectivity index (χ0n) is 33.5. The number of hydrogen-bond acceptors (Lipinski definition) is 10. The molecule has 2 saturated carbocycles. The van der Waals surface area contributed by atoms with Gasteiger partial charge in [0.1, 0.15) is 11.8 Å². The van der Waals surface area contributed by atoms with Gasteiger partial charge in [-0.25, -0.2) is 25.5 Å². The van der Waals surface area contributed by atoms with Gasteiger partial charge in [-0.15, -0.1) is 5.10 Å². The summed E-state index contributed by atoms with van der Waals surface area (Å²) in [6.07, 6.45) is 9.17. The number of rotatable bonds is 8. The SMILES string of the molecule is C1NC2CC1C2.COC(=O)c1ccc(/C(N)=N/NN)cc1.Cc1nc2c(F)c(-c3cccc(Cl)c3Cl)c(CCC#N)cc2c2[nH]c(C3CCCN3C)cc12.O=CC1CC1. The van der Waals surface area contributed by atoms with Crippen LogP contribution in [0.3, 0.4) is 0 Å². The highest BCUT2D eigenvalue weighted by molar-refractivity contribution is 6.43. The van der Waals surface area contributed by atoms with Crippen molar-refractivity contribution in [2.75, 3.05) is 27.2 Å².